The van der Waals surface area contributed by atoms with Crippen molar-refractivity contribution in [2.45, 2.75) is 148 Å². The predicted octanol–water partition coefficient (Wildman–Crippen LogP) is 7.28. The zero-order chi connectivity index (χ0) is 23.9. The van der Waals surface area contributed by atoms with Crippen LogP contribution in [0.25, 0.3) is 0 Å². The van der Waals surface area contributed by atoms with Gasteiger partial charge in [-0.15, -0.1) is 0 Å². The standard InChI is InChI=1S/C30H54O3/c1-6-8-10-15-29(33-5)19-18-27(3)24-14-17-28(4)23(12-13-26(28)31)22(24)20-30(32,25(27)21-29)16-11-9-7-2/h22-26,31-32H,6-21H2,1-5H3/t22-,23-,24-,25?,26?,27+,28-,29?,30?/m0/s1. The van der Waals surface area contributed by atoms with Crippen molar-refractivity contribution >= 4 is 0 Å². The molecule has 0 aliphatic heterocycles. The molecular formula is C30H54O3. The van der Waals surface area contributed by atoms with Crippen molar-refractivity contribution < 1.29 is 14.9 Å². The van der Waals surface area contributed by atoms with Crippen molar-refractivity contribution in [2.24, 2.45) is 34.5 Å². The fourth-order valence-corrected chi connectivity index (χ4v) is 9.71. The van der Waals surface area contributed by atoms with Crippen LogP contribution in [0.4, 0.5) is 0 Å². The molecule has 0 amide bonds. The number of aliphatic hydroxyl groups is 2. The Morgan fingerprint density at radius 1 is 0.788 bits per heavy atom. The lowest BCUT2D eigenvalue weighted by Crippen LogP contribution is -2.65. The molecule has 3 nitrogen and oxygen atoms in total. The van der Waals surface area contributed by atoms with E-state index in [0.29, 0.717) is 23.7 Å². The van der Waals surface area contributed by atoms with Gasteiger partial charge in [-0.1, -0.05) is 66.2 Å². The molecule has 0 bridgehead atoms. The Balaban J connectivity index is 1.65. The molecule has 9 atom stereocenters. The number of unbranched alkanes of at least 4 members (excludes halogenated alkanes) is 4. The quantitative estimate of drug-likeness (QED) is 0.354. The lowest BCUT2D eigenvalue weighted by Gasteiger charge is -2.66. The highest BCUT2D eigenvalue weighted by Crippen LogP contribution is 2.69. The normalized spacial score (nSPS) is 49.4. The summed E-state index contributed by atoms with van der Waals surface area (Å²) in [5, 5.41) is 23.4. The SMILES string of the molecule is CCCCCC1(OC)CC[C@@]2(C)C(C1)C(O)(CCCCC)C[C@@H]1[C@@H]2CC[C@]2(C)C(O)CC[C@@H]12. The highest BCUT2D eigenvalue weighted by molar-refractivity contribution is 5.16. The first-order valence-corrected chi connectivity index (χ1v) is 14.6. The van der Waals surface area contributed by atoms with Gasteiger partial charge in [0.2, 0.25) is 0 Å². The molecule has 4 unspecified atom stereocenters. The van der Waals surface area contributed by atoms with Crippen LogP contribution in [0.1, 0.15) is 130 Å². The number of rotatable bonds is 9. The van der Waals surface area contributed by atoms with Gasteiger partial charge in [0.05, 0.1) is 17.3 Å². The van der Waals surface area contributed by atoms with E-state index in [2.05, 4.69) is 27.7 Å². The lowest BCUT2D eigenvalue weighted by molar-refractivity contribution is -0.238. The number of ether oxygens (including phenoxy) is 1. The molecule has 0 aromatic heterocycles. The van der Waals surface area contributed by atoms with E-state index in [9.17, 15) is 10.2 Å². The van der Waals surface area contributed by atoms with Gasteiger partial charge in [-0.2, -0.15) is 0 Å². The maximum Gasteiger partial charge on any atom is 0.0685 e. The van der Waals surface area contributed by atoms with Crippen LogP contribution in [-0.4, -0.2) is 34.6 Å². The Hall–Kier alpha value is -0.120. The van der Waals surface area contributed by atoms with Crippen molar-refractivity contribution in [3.05, 3.63) is 0 Å². The monoisotopic (exact) mass is 462 g/mol. The summed E-state index contributed by atoms with van der Waals surface area (Å²) >= 11 is 0. The molecule has 4 rings (SSSR count). The molecule has 192 valence electrons. The zero-order valence-electron chi connectivity index (χ0n) is 22.5. The Morgan fingerprint density at radius 2 is 1.45 bits per heavy atom. The molecule has 0 saturated heterocycles. The third-order valence-corrected chi connectivity index (χ3v) is 11.8. The van der Waals surface area contributed by atoms with Crippen LogP contribution < -0.4 is 0 Å². The number of hydrogen-bond donors (Lipinski definition) is 2. The summed E-state index contributed by atoms with van der Waals surface area (Å²) in [4.78, 5) is 0. The van der Waals surface area contributed by atoms with Gasteiger partial charge >= 0.3 is 0 Å². The lowest BCUT2D eigenvalue weighted by atomic mass is 9.40. The zero-order valence-corrected chi connectivity index (χ0v) is 22.5. The summed E-state index contributed by atoms with van der Waals surface area (Å²) in [5.41, 5.74) is -0.352. The topological polar surface area (TPSA) is 49.7 Å². The van der Waals surface area contributed by atoms with Crippen molar-refractivity contribution in [1.29, 1.82) is 0 Å². The van der Waals surface area contributed by atoms with Crippen molar-refractivity contribution in [3.8, 4) is 0 Å². The highest BCUT2D eigenvalue weighted by atomic mass is 16.5. The highest BCUT2D eigenvalue weighted by Gasteiger charge is 2.66. The van der Waals surface area contributed by atoms with Gasteiger partial charge in [-0.3, -0.25) is 0 Å². The number of fused-ring (bicyclic) bond motifs is 5. The molecule has 0 spiro atoms. The van der Waals surface area contributed by atoms with Gasteiger partial charge in [-0.05, 0) is 98.7 Å². The average Bonchev–Trinajstić information content (AvgIpc) is 3.10. The molecule has 0 radical (unpaired) electrons. The summed E-state index contributed by atoms with van der Waals surface area (Å²) in [6.07, 6.45) is 18.2. The average molecular weight is 463 g/mol. The Bertz CT molecular complexity index is 665. The first-order valence-electron chi connectivity index (χ1n) is 14.6. The minimum Gasteiger partial charge on any atom is -0.393 e. The van der Waals surface area contributed by atoms with Gasteiger partial charge in [0, 0.05) is 7.11 Å². The van der Waals surface area contributed by atoms with Gasteiger partial charge in [0.15, 0.2) is 0 Å². The number of aliphatic hydroxyl groups excluding tert-OH is 1. The van der Waals surface area contributed by atoms with Crippen LogP contribution in [-0.2, 0) is 4.74 Å². The smallest absolute Gasteiger partial charge is 0.0685 e. The van der Waals surface area contributed by atoms with E-state index in [0.717, 1.165) is 51.4 Å². The second-order valence-corrected chi connectivity index (χ2v) is 13.4. The Morgan fingerprint density at radius 3 is 2.12 bits per heavy atom. The second-order valence-electron chi connectivity index (χ2n) is 13.4. The minimum absolute atomic E-state index is 0.0440. The first kappa shape index (κ1) is 26.0. The predicted molar refractivity (Wildman–Crippen MR) is 136 cm³/mol. The fourth-order valence-electron chi connectivity index (χ4n) is 9.71. The molecule has 33 heavy (non-hydrogen) atoms. The molecule has 4 saturated carbocycles. The van der Waals surface area contributed by atoms with Gasteiger partial charge in [-0.25, -0.2) is 0 Å². The summed E-state index contributed by atoms with van der Waals surface area (Å²) in [6, 6.07) is 0. The van der Waals surface area contributed by atoms with Crippen LogP contribution in [0, 0.1) is 34.5 Å². The molecule has 2 N–H and O–H groups in total. The van der Waals surface area contributed by atoms with Crippen LogP contribution in [0.5, 0.6) is 0 Å². The Labute approximate surface area is 204 Å². The number of hydrogen-bond acceptors (Lipinski definition) is 3. The summed E-state index contributed by atoms with van der Waals surface area (Å²) < 4.78 is 6.33. The van der Waals surface area contributed by atoms with E-state index in [-0.39, 0.29) is 22.5 Å². The fraction of sp³-hybridized carbons (Fsp3) is 1.00. The van der Waals surface area contributed by atoms with E-state index in [4.69, 9.17) is 4.74 Å². The third-order valence-electron chi connectivity index (χ3n) is 11.8. The van der Waals surface area contributed by atoms with E-state index in [1.165, 1.54) is 51.4 Å². The van der Waals surface area contributed by atoms with Crippen molar-refractivity contribution in [1.82, 2.24) is 0 Å². The first-order chi connectivity index (χ1) is 15.7. The molecule has 4 aliphatic rings. The van der Waals surface area contributed by atoms with E-state index >= 15 is 0 Å². The summed E-state index contributed by atoms with van der Waals surface area (Å²) in [5.74, 6) is 2.20. The van der Waals surface area contributed by atoms with Gasteiger partial charge < -0.3 is 14.9 Å². The number of methoxy groups -OCH3 is 1. The molecule has 0 heterocycles. The van der Waals surface area contributed by atoms with E-state index < -0.39 is 5.60 Å². The maximum absolute atomic E-state index is 12.5. The van der Waals surface area contributed by atoms with Crippen LogP contribution in [0.3, 0.4) is 0 Å². The molecule has 3 heteroatoms. The third kappa shape index (κ3) is 4.35. The molecular weight excluding hydrogens is 408 g/mol. The summed E-state index contributed by atoms with van der Waals surface area (Å²) in [7, 11) is 1.93. The van der Waals surface area contributed by atoms with E-state index in [1.807, 2.05) is 7.11 Å². The summed E-state index contributed by atoms with van der Waals surface area (Å²) in [6.45, 7) is 9.46. The van der Waals surface area contributed by atoms with Crippen LogP contribution in [0.15, 0.2) is 0 Å². The van der Waals surface area contributed by atoms with Crippen molar-refractivity contribution in [3.63, 3.8) is 0 Å². The maximum atomic E-state index is 12.5. The van der Waals surface area contributed by atoms with Crippen molar-refractivity contribution in [2.75, 3.05) is 7.11 Å². The van der Waals surface area contributed by atoms with E-state index in [1.54, 1.807) is 0 Å². The van der Waals surface area contributed by atoms with Gasteiger partial charge in [0.1, 0.15) is 0 Å². The second kappa shape index (κ2) is 9.74. The van der Waals surface area contributed by atoms with Gasteiger partial charge in [0.25, 0.3) is 0 Å². The Kier molecular flexibility index (Phi) is 7.66. The van der Waals surface area contributed by atoms with Crippen LogP contribution in [0.2, 0.25) is 0 Å². The van der Waals surface area contributed by atoms with Crippen LogP contribution >= 0.6 is 0 Å². The molecule has 0 aromatic carbocycles. The minimum atomic E-state index is -0.578. The largest absolute Gasteiger partial charge is 0.393 e. The molecule has 0 aromatic rings. The molecule has 4 fully saturated rings. The molecule has 4 aliphatic carbocycles.